The van der Waals surface area contributed by atoms with Crippen LogP contribution in [0.1, 0.15) is 10.4 Å². The summed E-state index contributed by atoms with van der Waals surface area (Å²) >= 11 is 12.9. The molecular weight excluding hydrogens is 462 g/mol. The predicted molar refractivity (Wildman–Crippen MR) is 107 cm³/mol. The van der Waals surface area contributed by atoms with Crippen molar-refractivity contribution in [3.8, 4) is 17.0 Å². The lowest BCUT2D eigenvalue weighted by Crippen LogP contribution is -2.41. The summed E-state index contributed by atoms with van der Waals surface area (Å²) in [6.07, 6.45) is -1.69. The molecule has 0 bridgehead atoms. The van der Waals surface area contributed by atoms with E-state index in [-0.39, 0.29) is 22.7 Å². The Balaban J connectivity index is 2.02. The largest absolute Gasteiger partial charge is 0.477 e. The number of halogens is 5. The molecule has 11 heteroatoms. The molecule has 3 aromatic heterocycles. The fraction of sp³-hybridized carbons (Fsp3) is 0.105. The number of rotatable bonds is 3. The normalized spacial score (nSPS) is 11.9. The van der Waals surface area contributed by atoms with E-state index < -0.39 is 23.2 Å². The van der Waals surface area contributed by atoms with Crippen molar-refractivity contribution < 1.29 is 22.8 Å². The zero-order valence-corrected chi connectivity index (χ0v) is 17.1. The van der Waals surface area contributed by atoms with E-state index in [1.807, 2.05) is 0 Å². The number of aromatic nitrogens is 3. The lowest BCUT2D eigenvalue weighted by Gasteiger charge is -2.12. The summed E-state index contributed by atoms with van der Waals surface area (Å²) in [7, 11) is 0. The fourth-order valence-corrected chi connectivity index (χ4v) is 4.31. The van der Waals surface area contributed by atoms with E-state index >= 15 is 0 Å². The van der Waals surface area contributed by atoms with Crippen molar-refractivity contribution in [2.75, 3.05) is 0 Å². The number of alkyl halides is 3. The molecule has 0 aliphatic rings. The second-order valence-electron chi connectivity index (χ2n) is 6.32. The number of hydrogen-bond donors (Lipinski definition) is 1. The van der Waals surface area contributed by atoms with Gasteiger partial charge in [0.15, 0.2) is 10.0 Å². The third kappa shape index (κ3) is 3.76. The van der Waals surface area contributed by atoms with Crippen molar-refractivity contribution in [1.82, 2.24) is 9.38 Å². The molecule has 154 valence electrons. The average Bonchev–Trinajstić information content (AvgIpc) is 3.09. The molecule has 0 saturated carbocycles. The highest BCUT2D eigenvalue weighted by Crippen LogP contribution is 2.35. The summed E-state index contributed by atoms with van der Waals surface area (Å²) in [5, 5.41) is 10.7. The second-order valence-corrected chi connectivity index (χ2v) is 8.46. The lowest BCUT2D eigenvalue weighted by atomic mass is 10.0. The Kier molecular flexibility index (Phi) is 5.21. The van der Waals surface area contributed by atoms with Crippen molar-refractivity contribution in [2.45, 2.75) is 12.7 Å². The van der Waals surface area contributed by atoms with Crippen molar-refractivity contribution >= 4 is 40.2 Å². The molecule has 0 radical (unpaired) electrons. The minimum atomic E-state index is -4.67. The molecular formula is C19H11Cl2F3N3O2S+. The van der Waals surface area contributed by atoms with Gasteiger partial charge in [0, 0.05) is 17.3 Å². The van der Waals surface area contributed by atoms with E-state index in [4.69, 9.17) is 23.2 Å². The molecule has 0 amide bonds. The van der Waals surface area contributed by atoms with Crippen molar-refractivity contribution in [3.63, 3.8) is 0 Å². The van der Waals surface area contributed by atoms with Crippen LogP contribution in [0.2, 0.25) is 9.49 Å². The number of nitrogens with zero attached hydrogens (tertiary/aromatic N) is 3. The number of pyridine rings is 1. The third-order valence-corrected chi connectivity index (χ3v) is 5.70. The Hall–Kier alpha value is -2.62. The van der Waals surface area contributed by atoms with Crippen LogP contribution in [0.15, 0.2) is 53.6 Å². The topological polar surface area (TPSA) is 58.5 Å². The molecule has 1 N–H and O–H groups in total. The maximum absolute atomic E-state index is 13.3. The zero-order chi connectivity index (χ0) is 21.6. The molecule has 0 saturated heterocycles. The number of thiazole rings is 1. The first-order valence-corrected chi connectivity index (χ1v) is 9.97. The lowest BCUT2D eigenvalue weighted by molar-refractivity contribution is -0.671. The highest BCUT2D eigenvalue weighted by molar-refractivity contribution is 7.15. The van der Waals surface area contributed by atoms with Gasteiger partial charge in [0.25, 0.3) is 11.5 Å². The van der Waals surface area contributed by atoms with Crippen molar-refractivity contribution in [2.24, 2.45) is 0 Å². The van der Waals surface area contributed by atoms with Crippen LogP contribution in [0, 0.1) is 0 Å². The van der Waals surface area contributed by atoms with Crippen molar-refractivity contribution in [3.05, 3.63) is 79.1 Å². The molecule has 0 spiro atoms. The first kappa shape index (κ1) is 20.6. The molecule has 0 unspecified atom stereocenters. The number of aromatic hydroxyl groups is 1. The van der Waals surface area contributed by atoms with Gasteiger partial charge in [-0.05, 0) is 29.8 Å². The third-order valence-electron chi connectivity index (χ3n) is 4.38. The molecule has 0 atom stereocenters. The Bertz CT molecular complexity index is 1340. The minimum Gasteiger partial charge on any atom is -0.477 e. The van der Waals surface area contributed by atoms with Crippen LogP contribution in [0.25, 0.3) is 16.8 Å². The number of fused-ring (bicyclic) bond motifs is 1. The Morgan fingerprint density at radius 3 is 2.63 bits per heavy atom. The van der Waals surface area contributed by atoms with Crippen LogP contribution in [0.4, 0.5) is 13.2 Å². The number of hydrogen-bond acceptors (Lipinski definition) is 4. The van der Waals surface area contributed by atoms with E-state index in [2.05, 4.69) is 4.98 Å². The van der Waals surface area contributed by atoms with Gasteiger partial charge in [0.1, 0.15) is 6.54 Å². The van der Waals surface area contributed by atoms with Gasteiger partial charge in [-0.15, -0.1) is 11.3 Å². The molecule has 1 aromatic carbocycles. The van der Waals surface area contributed by atoms with E-state index in [0.29, 0.717) is 15.0 Å². The molecule has 3 heterocycles. The van der Waals surface area contributed by atoms with Gasteiger partial charge >= 0.3 is 11.7 Å². The maximum Gasteiger partial charge on any atom is 0.416 e. The smallest absolute Gasteiger partial charge is 0.416 e. The van der Waals surface area contributed by atoms with Crippen LogP contribution >= 0.6 is 34.5 Å². The summed E-state index contributed by atoms with van der Waals surface area (Å²) in [6.45, 7) is 0.101. The highest BCUT2D eigenvalue weighted by atomic mass is 35.5. The first-order valence-electron chi connectivity index (χ1n) is 8.39. The molecule has 0 aliphatic heterocycles. The molecule has 4 aromatic rings. The summed E-state index contributed by atoms with van der Waals surface area (Å²) in [5.74, 6) is -0.494. The monoisotopic (exact) mass is 472 g/mol. The average molecular weight is 473 g/mol. The summed E-state index contributed by atoms with van der Waals surface area (Å²) in [5.41, 5.74) is -1.82. The standard InChI is InChI=1S/C19H10Cl2F3N3O2S/c20-12-6-10(5-11(7-12)19(22,23)24)15-16(28)26-4-2-1-3-14(26)27(17(15)29)9-13-8-25-18(21)30-13/h1-8H,9H2/p+1. The molecule has 30 heavy (non-hydrogen) atoms. The SMILES string of the molecule is O=c1c(-c2cc(Cl)cc(C(F)(F)F)c2)c(O)[n+](Cc2cnc(Cl)s2)c2ccccn12. The Morgan fingerprint density at radius 2 is 1.97 bits per heavy atom. The zero-order valence-electron chi connectivity index (χ0n) is 14.8. The number of benzene rings is 1. The van der Waals surface area contributed by atoms with E-state index in [1.165, 1.54) is 38.8 Å². The van der Waals surface area contributed by atoms with Gasteiger partial charge in [-0.25, -0.2) is 9.78 Å². The molecule has 0 aliphatic carbocycles. The van der Waals surface area contributed by atoms with Crippen LogP contribution in [0.3, 0.4) is 0 Å². The van der Waals surface area contributed by atoms with Crippen LogP contribution in [-0.4, -0.2) is 14.5 Å². The second kappa shape index (κ2) is 7.57. The van der Waals surface area contributed by atoms with E-state index in [0.717, 1.165) is 12.1 Å². The van der Waals surface area contributed by atoms with Gasteiger partial charge in [-0.1, -0.05) is 29.3 Å². The van der Waals surface area contributed by atoms with Gasteiger partial charge in [-0.3, -0.25) is 0 Å². The highest BCUT2D eigenvalue weighted by Gasteiger charge is 2.33. The Labute approximate surface area is 181 Å². The van der Waals surface area contributed by atoms with Crippen LogP contribution < -0.4 is 10.1 Å². The maximum atomic E-state index is 13.3. The summed E-state index contributed by atoms with van der Waals surface area (Å²) < 4.78 is 42.7. The first-order chi connectivity index (χ1) is 14.1. The van der Waals surface area contributed by atoms with Crippen molar-refractivity contribution in [1.29, 1.82) is 0 Å². The Morgan fingerprint density at radius 1 is 1.20 bits per heavy atom. The fourth-order valence-electron chi connectivity index (χ4n) is 3.10. The van der Waals surface area contributed by atoms with Gasteiger partial charge in [0.05, 0.1) is 16.6 Å². The molecule has 0 fully saturated rings. The van der Waals surface area contributed by atoms with Crippen LogP contribution in [0.5, 0.6) is 5.88 Å². The summed E-state index contributed by atoms with van der Waals surface area (Å²) in [6, 6.07) is 7.62. The minimum absolute atomic E-state index is 0.101. The van der Waals surface area contributed by atoms with E-state index in [9.17, 15) is 23.1 Å². The molecule has 4 rings (SSSR count). The summed E-state index contributed by atoms with van der Waals surface area (Å²) in [4.78, 5) is 17.7. The van der Waals surface area contributed by atoms with Crippen LogP contribution in [-0.2, 0) is 12.7 Å². The quantitative estimate of drug-likeness (QED) is 0.436. The molecule has 5 nitrogen and oxygen atoms in total. The van der Waals surface area contributed by atoms with Gasteiger partial charge < -0.3 is 5.11 Å². The van der Waals surface area contributed by atoms with E-state index in [1.54, 1.807) is 18.2 Å². The van der Waals surface area contributed by atoms with Gasteiger partial charge in [0.2, 0.25) is 0 Å². The predicted octanol–water partition coefficient (Wildman–Crippen LogP) is 4.79. The van der Waals surface area contributed by atoms with Gasteiger partial charge in [-0.2, -0.15) is 22.1 Å².